The summed E-state index contributed by atoms with van der Waals surface area (Å²) in [6, 6.07) is 9.89. The highest BCUT2D eigenvalue weighted by molar-refractivity contribution is 14.0. The molecule has 3 aliphatic rings. The van der Waals surface area contributed by atoms with Crippen LogP contribution >= 0.6 is 24.0 Å². The molecule has 3 aliphatic heterocycles. The van der Waals surface area contributed by atoms with Crippen molar-refractivity contribution in [2.24, 2.45) is 4.99 Å². The molecule has 3 heterocycles. The van der Waals surface area contributed by atoms with Crippen molar-refractivity contribution in [3.63, 3.8) is 0 Å². The Morgan fingerprint density at radius 3 is 2.79 bits per heavy atom. The molecule has 1 aromatic rings. The second kappa shape index (κ2) is 10.1. The third-order valence-electron chi connectivity index (χ3n) is 6.11. The number of ether oxygens (including phenoxy) is 1. The van der Waals surface area contributed by atoms with Crippen LogP contribution in [0.25, 0.3) is 0 Å². The second-order valence-corrected chi connectivity index (χ2v) is 8.11. The average molecular weight is 499 g/mol. The van der Waals surface area contributed by atoms with Crippen molar-refractivity contribution in [2.75, 3.05) is 51.3 Å². The minimum absolute atomic E-state index is 0. The molecule has 0 bridgehead atoms. The molecule has 0 radical (unpaired) electrons. The molecule has 156 valence electrons. The van der Waals surface area contributed by atoms with E-state index in [-0.39, 0.29) is 30.1 Å². The third kappa shape index (κ3) is 5.30. The molecule has 2 N–H and O–H groups in total. The van der Waals surface area contributed by atoms with Gasteiger partial charge >= 0.3 is 0 Å². The Labute approximate surface area is 186 Å². The molecular formula is C21H34IN5O. The lowest BCUT2D eigenvalue weighted by atomic mass is 10.2. The molecular weight excluding hydrogens is 465 g/mol. The van der Waals surface area contributed by atoms with Gasteiger partial charge in [-0.1, -0.05) is 17.7 Å². The summed E-state index contributed by atoms with van der Waals surface area (Å²) in [6.45, 7) is 8.20. The number of hydrogen-bond acceptors (Lipinski definition) is 4. The number of nitrogens with zero attached hydrogens (tertiary/aromatic N) is 3. The van der Waals surface area contributed by atoms with Crippen LogP contribution in [0.15, 0.2) is 29.3 Å². The third-order valence-corrected chi connectivity index (χ3v) is 6.11. The summed E-state index contributed by atoms with van der Waals surface area (Å²) in [5.41, 5.74) is 2.62. The summed E-state index contributed by atoms with van der Waals surface area (Å²) in [4.78, 5) is 9.45. The zero-order valence-electron chi connectivity index (χ0n) is 17.1. The van der Waals surface area contributed by atoms with E-state index in [0.717, 1.165) is 45.2 Å². The number of anilines is 1. The van der Waals surface area contributed by atoms with Gasteiger partial charge < -0.3 is 20.3 Å². The maximum atomic E-state index is 6.05. The molecule has 1 aromatic carbocycles. The van der Waals surface area contributed by atoms with Crippen LogP contribution in [0, 0.1) is 6.92 Å². The van der Waals surface area contributed by atoms with Crippen LogP contribution in [0.1, 0.15) is 24.8 Å². The zero-order valence-corrected chi connectivity index (χ0v) is 19.4. The molecule has 7 heteroatoms. The number of morpholine rings is 1. The standard InChI is InChI=1S/C21H33N5O.HI/c1-16-5-7-18(8-6-16)26-11-9-17(13-26)24-21(22-2)23-12-20-14-25-10-3-4-19(25)15-27-20;/h5-8,17,19-20H,3-4,9-15H2,1-2H3,(H2,22,23,24);1H. The SMILES string of the molecule is CN=C(NCC1CN2CCCC2CO1)NC1CCN(c2ccc(C)cc2)C1.I. The fourth-order valence-electron chi connectivity index (χ4n) is 4.48. The minimum Gasteiger partial charge on any atom is -0.373 e. The highest BCUT2D eigenvalue weighted by Gasteiger charge is 2.32. The van der Waals surface area contributed by atoms with Crippen molar-refractivity contribution < 1.29 is 4.74 Å². The summed E-state index contributed by atoms with van der Waals surface area (Å²) in [6.07, 6.45) is 3.99. The Kier molecular flexibility index (Phi) is 7.82. The first-order valence-electron chi connectivity index (χ1n) is 10.4. The monoisotopic (exact) mass is 499 g/mol. The number of aryl methyl sites for hydroxylation is 1. The van der Waals surface area contributed by atoms with Gasteiger partial charge in [0.1, 0.15) is 0 Å². The van der Waals surface area contributed by atoms with Crippen LogP contribution < -0.4 is 15.5 Å². The van der Waals surface area contributed by atoms with Crippen LogP contribution in [-0.4, -0.2) is 75.4 Å². The summed E-state index contributed by atoms with van der Waals surface area (Å²) in [5, 5.41) is 7.07. The van der Waals surface area contributed by atoms with Gasteiger partial charge in [-0.25, -0.2) is 0 Å². The fraction of sp³-hybridized carbons (Fsp3) is 0.667. The lowest BCUT2D eigenvalue weighted by Gasteiger charge is -2.35. The highest BCUT2D eigenvalue weighted by atomic mass is 127. The van der Waals surface area contributed by atoms with Gasteiger partial charge in [0, 0.05) is 51.0 Å². The van der Waals surface area contributed by atoms with Gasteiger partial charge in [0.15, 0.2) is 5.96 Å². The van der Waals surface area contributed by atoms with E-state index in [4.69, 9.17) is 4.74 Å². The van der Waals surface area contributed by atoms with E-state index >= 15 is 0 Å². The predicted molar refractivity (Wildman–Crippen MR) is 126 cm³/mol. The number of hydrogen-bond donors (Lipinski definition) is 2. The van der Waals surface area contributed by atoms with Crippen molar-refractivity contribution in [1.82, 2.24) is 15.5 Å². The van der Waals surface area contributed by atoms with E-state index in [0.29, 0.717) is 12.1 Å². The average Bonchev–Trinajstić information content (AvgIpc) is 3.34. The van der Waals surface area contributed by atoms with E-state index in [2.05, 4.69) is 56.6 Å². The van der Waals surface area contributed by atoms with Crippen LogP contribution in [0.3, 0.4) is 0 Å². The van der Waals surface area contributed by atoms with E-state index in [1.807, 2.05) is 7.05 Å². The van der Waals surface area contributed by atoms with Gasteiger partial charge in [-0.3, -0.25) is 9.89 Å². The molecule has 0 aliphatic carbocycles. The number of fused-ring (bicyclic) bond motifs is 1. The fourth-order valence-corrected chi connectivity index (χ4v) is 4.48. The molecule has 28 heavy (non-hydrogen) atoms. The molecule has 0 saturated carbocycles. The van der Waals surface area contributed by atoms with Crippen molar-refractivity contribution >= 4 is 35.6 Å². The first-order valence-corrected chi connectivity index (χ1v) is 10.4. The Hall–Kier alpha value is -1.06. The largest absolute Gasteiger partial charge is 0.373 e. The highest BCUT2D eigenvalue weighted by Crippen LogP contribution is 2.22. The van der Waals surface area contributed by atoms with E-state index in [1.54, 1.807) is 0 Å². The summed E-state index contributed by atoms with van der Waals surface area (Å²) >= 11 is 0. The van der Waals surface area contributed by atoms with E-state index < -0.39 is 0 Å². The molecule has 0 aromatic heterocycles. The molecule has 0 spiro atoms. The Balaban J connectivity index is 0.00000225. The van der Waals surface area contributed by atoms with Gasteiger partial charge in [-0.05, 0) is 44.9 Å². The van der Waals surface area contributed by atoms with Crippen molar-refractivity contribution in [1.29, 1.82) is 0 Å². The van der Waals surface area contributed by atoms with Crippen molar-refractivity contribution in [3.05, 3.63) is 29.8 Å². The lowest BCUT2D eigenvalue weighted by molar-refractivity contribution is -0.0453. The van der Waals surface area contributed by atoms with Crippen LogP contribution in [0.2, 0.25) is 0 Å². The molecule has 6 nitrogen and oxygen atoms in total. The van der Waals surface area contributed by atoms with Crippen LogP contribution in [0.5, 0.6) is 0 Å². The quantitative estimate of drug-likeness (QED) is 0.378. The zero-order chi connectivity index (χ0) is 18.6. The van der Waals surface area contributed by atoms with Crippen molar-refractivity contribution in [2.45, 2.75) is 44.4 Å². The van der Waals surface area contributed by atoms with E-state index in [9.17, 15) is 0 Å². The molecule has 3 unspecified atom stereocenters. The van der Waals surface area contributed by atoms with Gasteiger partial charge in [0.25, 0.3) is 0 Å². The van der Waals surface area contributed by atoms with E-state index in [1.165, 1.54) is 30.6 Å². The first-order chi connectivity index (χ1) is 13.2. The van der Waals surface area contributed by atoms with Crippen LogP contribution in [-0.2, 0) is 4.74 Å². The minimum atomic E-state index is 0. The topological polar surface area (TPSA) is 52.1 Å². The maximum Gasteiger partial charge on any atom is 0.191 e. The second-order valence-electron chi connectivity index (χ2n) is 8.11. The number of benzene rings is 1. The number of aliphatic imine (C=N–C) groups is 1. The molecule has 3 fully saturated rings. The molecule has 0 amide bonds. The van der Waals surface area contributed by atoms with Gasteiger partial charge in [-0.2, -0.15) is 0 Å². The number of guanidine groups is 1. The summed E-state index contributed by atoms with van der Waals surface area (Å²) in [5.74, 6) is 0.887. The summed E-state index contributed by atoms with van der Waals surface area (Å²) < 4.78 is 6.05. The number of nitrogens with one attached hydrogen (secondary N) is 2. The first kappa shape index (κ1) is 21.6. The maximum absolute atomic E-state index is 6.05. The Bertz CT molecular complexity index is 653. The summed E-state index contributed by atoms with van der Waals surface area (Å²) in [7, 11) is 1.85. The number of halogens is 1. The predicted octanol–water partition coefficient (Wildman–Crippen LogP) is 2.22. The smallest absolute Gasteiger partial charge is 0.191 e. The van der Waals surface area contributed by atoms with Gasteiger partial charge in [0.05, 0.1) is 12.7 Å². The van der Waals surface area contributed by atoms with Crippen molar-refractivity contribution in [3.8, 4) is 0 Å². The lowest BCUT2D eigenvalue weighted by Crippen LogP contribution is -2.52. The van der Waals surface area contributed by atoms with Gasteiger partial charge in [0.2, 0.25) is 0 Å². The number of rotatable bonds is 4. The molecule has 3 saturated heterocycles. The Morgan fingerprint density at radius 2 is 2.00 bits per heavy atom. The van der Waals surface area contributed by atoms with Crippen LogP contribution in [0.4, 0.5) is 5.69 Å². The van der Waals surface area contributed by atoms with Gasteiger partial charge in [-0.15, -0.1) is 24.0 Å². The normalized spacial score (nSPS) is 28.0. The molecule has 3 atom stereocenters. The molecule has 4 rings (SSSR count). The Morgan fingerprint density at radius 1 is 1.18 bits per heavy atom.